The molecule has 4 nitrogen and oxygen atoms in total. The third kappa shape index (κ3) is 5.88. The third-order valence-electron chi connectivity index (χ3n) is 3.02. The summed E-state index contributed by atoms with van der Waals surface area (Å²) in [5.74, 6) is -0.905. The lowest BCUT2D eigenvalue weighted by atomic mass is 10.1. The molecule has 1 aromatic carbocycles. The molecule has 0 fully saturated rings. The average Bonchev–Trinajstić information content (AvgIpc) is 3.05. The molecule has 6 heteroatoms. The molecule has 1 heterocycles. The number of hydrogen-bond acceptors (Lipinski definition) is 4. The highest BCUT2D eigenvalue weighted by atomic mass is 35.5. The predicted molar refractivity (Wildman–Crippen MR) is 92.3 cm³/mol. The highest BCUT2D eigenvalue weighted by molar-refractivity contribution is 7.10. The number of amides is 1. The van der Waals surface area contributed by atoms with Crippen LogP contribution >= 0.6 is 22.9 Å². The van der Waals surface area contributed by atoms with Crippen molar-refractivity contribution in [3.63, 3.8) is 0 Å². The summed E-state index contributed by atoms with van der Waals surface area (Å²) in [6.07, 6.45) is 2.96. The molecule has 1 amide bonds. The summed E-state index contributed by atoms with van der Waals surface area (Å²) in [4.78, 5) is 24.3. The van der Waals surface area contributed by atoms with Crippen LogP contribution in [-0.2, 0) is 14.3 Å². The second-order valence-corrected chi connectivity index (χ2v) is 6.21. The SMILES string of the molecule is C[C@H](NC(=O)COC(=O)/C=C/c1cccs1)c1ccc(Cl)cc1. The van der Waals surface area contributed by atoms with E-state index in [1.165, 1.54) is 17.4 Å². The summed E-state index contributed by atoms with van der Waals surface area (Å²) in [5, 5.41) is 5.31. The molecule has 1 atom stereocenters. The van der Waals surface area contributed by atoms with Gasteiger partial charge in [0, 0.05) is 16.0 Å². The van der Waals surface area contributed by atoms with Crippen LogP contribution in [0.3, 0.4) is 0 Å². The van der Waals surface area contributed by atoms with Gasteiger partial charge < -0.3 is 10.1 Å². The van der Waals surface area contributed by atoms with Gasteiger partial charge in [-0.2, -0.15) is 0 Å². The minimum Gasteiger partial charge on any atom is -0.452 e. The van der Waals surface area contributed by atoms with Crippen LogP contribution in [0.5, 0.6) is 0 Å². The smallest absolute Gasteiger partial charge is 0.331 e. The monoisotopic (exact) mass is 349 g/mol. The molecule has 23 heavy (non-hydrogen) atoms. The number of carbonyl (C=O) groups is 2. The van der Waals surface area contributed by atoms with Gasteiger partial charge in [0.25, 0.3) is 5.91 Å². The van der Waals surface area contributed by atoms with Crippen molar-refractivity contribution in [2.45, 2.75) is 13.0 Å². The van der Waals surface area contributed by atoms with Gasteiger partial charge in [0.1, 0.15) is 0 Å². The first-order valence-corrected chi connectivity index (χ1v) is 8.23. The number of nitrogens with one attached hydrogen (secondary N) is 1. The van der Waals surface area contributed by atoms with E-state index < -0.39 is 5.97 Å². The van der Waals surface area contributed by atoms with E-state index in [4.69, 9.17) is 16.3 Å². The van der Waals surface area contributed by atoms with Crippen LogP contribution in [0.25, 0.3) is 6.08 Å². The summed E-state index contributed by atoms with van der Waals surface area (Å²) < 4.78 is 4.90. The predicted octanol–water partition coefficient (Wildman–Crippen LogP) is 3.84. The molecule has 0 aliphatic carbocycles. The molecule has 0 saturated carbocycles. The molecule has 1 N–H and O–H groups in total. The Hall–Kier alpha value is -2.11. The lowest BCUT2D eigenvalue weighted by Crippen LogP contribution is -2.30. The van der Waals surface area contributed by atoms with Crippen molar-refractivity contribution in [1.29, 1.82) is 0 Å². The Balaban J connectivity index is 1.76. The first-order chi connectivity index (χ1) is 11.0. The van der Waals surface area contributed by atoms with Crippen LogP contribution in [0.2, 0.25) is 5.02 Å². The number of rotatable bonds is 6. The summed E-state index contributed by atoms with van der Waals surface area (Å²) in [7, 11) is 0. The molecule has 0 aliphatic heterocycles. The molecular weight excluding hydrogens is 334 g/mol. The number of thiophene rings is 1. The molecule has 0 unspecified atom stereocenters. The van der Waals surface area contributed by atoms with Crippen molar-refractivity contribution in [1.82, 2.24) is 5.32 Å². The minimum atomic E-state index is -0.548. The van der Waals surface area contributed by atoms with Crippen molar-refractivity contribution in [2.24, 2.45) is 0 Å². The van der Waals surface area contributed by atoms with Gasteiger partial charge in [0.15, 0.2) is 6.61 Å². The van der Waals surface area contributed by atoms with Crippen LogP contribution in [0.1, 0.15) is 23.4 Å². The first kappa shape index (κ1) is 17.2. The summed E-state index contributed by atoms with van der Waals surface area (Å²) in [6, 6.07) is 10.8. The van der Waals surface area contributed by atoms with Gasteiger partial charge >= 0.3 is 5.97 Å². The Morgan fingerprint density at radius 1 is 1.30 bits per heavy atom. The van der Waals surface area contributed by atoms with Crippen LogP contribution in [0.4, 0.5) is 0 Å². The molecule has 0 radical (unpaired) electrons. The standard InChI is InChI=1S/C17H16ClNO3S/c1-12(13-4-6-14(18)7-5-13)19-16(20)11-22-17(21)9-8-15-3-2-10-23-15/h2-10,12H,11H2,1H3,(H,19,20)/b9-8+/t12-/m0/s1. The second-order valence-electron chi connectivity index (χ2n) is 4.80. The van der Waals surface area contributed by atoms with Crippen LogP contribution < -0.4 is 5.32 Å². The zero-order valence-electron chi connectivity index (χ0n) is 12.5. The average molecular weight is 350 g/mol. The normalized spacial score (nSPS) is 12.1. The maximum Gasteiger partial charge on any atom is 0.331 e. The molecule has 0 saturated heterocycles. The first-order valence-electron chi connectivity index (χ1n) is 6.98. The fourth-order valence-electron chi connectivity index (χ4n) is 1.84. The van der Waals surface area contributed by atoms with Crippen LogP contribution in [-0.4, -0.2) is 18.5 Å². The third-order valence-corrected chi connectivity index (χ3v) is 4.11. The molecule has 1 aromatic heterocycles. The van der Waals surface area contributed by atoms with Crippen molar-refractivity contribution < 1.29 is 14.3 Å². The maximum absolute atomic E-state index is 11.8. The van der Waals surface area contributed by atoms with Crippen LogP contribution in [0, 0.1) is 0 Å². The zero-order valence-corrected chi connectivity index (χ0v) is 14.1. The highest BCUT2D eigenvalue weighted by Crippen LogP contribution is 2.15. The van der Waals surface area contributed by atoms with Crippen molar-refractivity contribution >= 4 is 40.9 Å². The van der Waals surface area contributed by atoms with E-state index >= 15 is 0 Å². The molecule has 2 aromatic rings. The van der Waals surface area contributed by atoms with Gasteiger partial charge in [-0.05, 0) is 42.1 Å². The van der Waals surface area contributed by atoms with Gasteiger partial charge in [-0.1, -0.05) is 29.8 Å². The number of ether oxygens (including phenoxy) is 1. The molecule has 120 valence electrons. The van der Waals surface area contributed by atoms with E-state index in [1.54, 1.807) is 18.2 Å². The largest absolute Gasteiger partial charge is 0.452 e. The number of halogens is 1. The maximum atomic E-state index is 11.8. The molecule has 2 rings (SSSR count). The van der Waals surface area contributed by atoms with E-state index in [1.807, 2.05) is 36.6 Å². The molecule has 0 spiro atoms. The van der Waals surface area contributed by atoms with Gasteiger partial charge in [-0.3, -0.25) is 4.79 Å². The Labute approximate surface area is 143 Å². The van der Waals surface area contributed by atoms with E-state index in [0.29, 0.717) is 5.02 Å². The number of benzene rings is 1. The Bertz CT molecular complexity index is 680. The van der Waals surface area contributed by atoms with E-state index in [2.05, 4.69) is 5.32 Å². The van der Waals surface area contributed by atoms with Gasteiger partial charge in [0.05, 0.1) is 6.04 Å². The Morgan fingerprint density at radius 2 is 2.04 bits per heavy atom. The summed E-state index contributed by atoms with van der Waals surface area (Å²) >= 11 is 7.34. The fraction of sp³-hybridized carbons (Fsp3) is 0.176. The van der Waals surface area contributed by atoms with Crippen molar-refractivity contribution in [3.05, 3.63) is 63.3 Å². The topological polar surface area (TPSA) is 55.4 Å². The molecule has 0 aliphatic rings. The van der Waals surface area contributed by atoms with Crippen LogP contribution in [0.15, 0.2) is 47.9 Å². The number of hydrogen-bond donors (Lipinski definition) is 1. The minimum absolute atomic E-state index is 0.194. The lowest BCUT2D eigenvalue weighted by Gasteiger charge is -2.14. The summed E-state index contributed by atoms with van der Waals surface area (Å²) in [5.41, 5.74) is 0.923. The van der Waals surface area contributed by atoms with Gasteiger partial charge in [-0.15, -0.1) is 11.3 Å². The van der Waals surface area contributed by atoms with Crippen molar-refractivity contribution in [2.75, 3.05) is 6.61 Å². The Kier molecular flexibility index (Phi) is 6.38. The fourth-order valence-corrected chi connectivity index (χ4v) is 2.58. The number of carbonyl (C=O) groups excluding carboxylic acids is 2. The second kappa shape index (κ2) is 8.50. The van der Waals surface area contributed by atoms with E-state index in [-0.39, 0.29) is 18.6 Å². The Morgan fingerprint density at radius 3 is 2.70 bits per heavy atom. The lowest BCUT2D eigenvalue weighted by molar-refractivity contribution is -0.144. The van der Waals surface area contributed by atoms with E-state index in [0.717, 1.165) is 10.4 Å². The van der Waals surface area contributed by atoms with Crippen molar-refractivity contribution in [3.8, 4) is 0 Å². The molecular formula is C17H16ClNO3S. The van der Waals surface area contributed by atoms with Gasteiger partial charge in [-0.25, -0.2) is 4.79 Å². The quantitative estimate of drug-likeness (QED) is 0.637. The highest BCUT2D eigenvalue weighted by Gasteiger charge is 2.11. The number of esters is 1. The summed E-state index contributed by atoms with van der Waals surface area (Å²) in [6.45, 7) is 1.53. The van der Waals surface area contributed by atoms with E-state index in [9.17, 15) is 9.59 Å². The zero-order chi connectivity index (χ0) is 16.7. The van der Waals surface area contributed by atoms with Gasteiger partial charge in [0.2, 0.25) is 0 Å². The molecule has 0 bridgehead atoms.